The highest BCUT2D eigenvalue weighted by atomic mass is 32.1. The van der Waals surface area contributed by atoms with Crippen LogP contribution in [0.5, 0.6) is 5.88 Å². The Bertz CT molecular complexity index is 559. The van der Waals surface area contributed by atoms with E-state index in [9.17, 15) is 0 Å². The molecule has 0 spiro atoms. The van der Waals surface area contributed by atoms with Crippen LogP contribution < -0.4 is 4.74 Å². The lowest BCUT2D eigenvalue weighted by atomic mass is 10.1. The number of aromatic nitrogens is 2. The number of ether oxygens (including phenoxy) is 2. The highest BCUT2D eigenvalue weighted by molar-refractivity contribution is 7.07. The molecule has 0 amide bonds. The van der Waals surface area contributed by atoms with E-state index in [1.165, 1.54) is 5.56 Å². The maximum absolute atomic E-state index is 6.04. The molecule has 3 rings (SSSR count). The van der Waals surface area contributed by atoms with Crippen molar-refractivity contribution >= 4 is 11.3 Å². The molecule has 6 heteroatoms. The molecule has 2 atom stereocenters. The molecule has 2 unspecified atom stereocenters. The third-order valence-corrected chi connectivity index (χ3v) is 4.24. The number of thiophene rings is 1. The zero-order valence-electron chi connectivity index (χ0n) is 12.2. The number of nitrogens with zero attached hydrogens (tertiary/aromatic N) is 3. The number of methoxy groups -OCH3 is 1. The van der Waals surface area contributed by atoms with Crippen molar-refractivity contribution in [1.82, 2.24) is 15.1 Å². The molecule has 21 heavy (non-hydrogen) atoms. The molecular formula is C15H19N3O2S. The van der Waals surface area contributed by atoms with Gasteiger partial charge in [0.25, 0.3) is 0 Å². The van der Waals surface area contributed by atoms with Crippen LogP contribution in [0.15, 0.2) is 29.0 Å². The maximum Gasteiger partial charge on any atom is 0.233 e. The topological polar surface area (TPSA) is 47.5 Å². The van der Waals surface area contributed by atoms with Gasteiger partial charge in [0.1, 0.15) is 0 Å². The highest BCUT2D eigenvalue weighted by Gasteiger charge is 2.26. The maximum atomic E-state index is 6.04. The first-order chi connectivity index (χ1) is 10.2. The standard InChI is InChI=1S/C15H19N3O2S/c1-11-7-18(8-13-3-4-15(19-2)17-16-13)9-14(20-11)12-5-6-21-10-12/h3-6,10-11,14H,7-9H2,1-2H3. The quantitative estimate of drug-likeness (QED) is 0.868. The fourth-order valence-corrected chi connectivity index (χ4v) is 3.28. The van der Waals surface area contributed by atoms with Crippen LogP contribution in [0.25, 0.3) is 0 Å². The van der Waals surface area contributed by atoms with Crippen LogP contribution in [0.2, 0.25) is 0 Å². The largest absolute Gasteiger partial charge is 0.480 e. The summed E-state index contributed by atoms with van der Waals surface area (Å²) in [5.41, 5.74) is 2.21. The van der Waals surface area contributed by atoms with Crippen molar-refractivity contribution in [1.29, 1.82) is 0 Å². The lowest BCUT2D eigenvalue weighted by molar-refractivity contribution is -0.0815. The molecule has 5 nitrogen and oxygen atoms in total. The lowest BCUT2D eigenvalue weighted by Crippen LogP contribution is -2.42. The summed E-state index contributed by atoms with van der Waals surface area (Å²) in [6.07, 6.45) is 0.362. The predicted octanol–water partition coefficient (Wildman–Crippen LogP) is 2.51. The molecule has 2 aromatic rings. The Morgan fingerprint density at radius 3 is 2.90 bits per heavy atom. The van der Waals surface area contributed by atoms with Gasteiger partial charge in [0, 0.05) is 25.7 Å². The normalized spacial score (nSPS) is 23.1. The number of hydrogen-bond acceptors (Lipinski definition) is 6. The van der Waals surface area contributed by atoms with Crippen molar-refractivity contribution in [3.8, 4) is 5.88 Å². The van der Waals surface area contributed by atoms with Crippen molar-refractivity contribution < 1.29 is 9.47 Å². The first-order valence-electron chi connectivity index (χ1n) is 7.01. The second kappa shape index (κ2) is 6.51. The first kappa shape index (κ1) is 14.4. The molecule has 1 fully saturated rings. The van der Waals surface area contributed by atoms with Gasteiger partial charge in [-0.25, -0.2) is 0 Å². The fourth-order valence-electron chi connectivity index (χ4n) is 2.58. The van der Waals surface area contributed by atoms with Crippen molar-refractivity contribution in [3.05, 3.63) is 40.2 Å². The SMILES string of the molecule is COc1ccc(CN2CC(C)OC(c3ccsc3)C2)nn1. The zero-order chi connectivity index (χ0) is 14.7. The van der Waals surface area contributed by atoms with Crippen LogP contribution in [0.1, 0.15) is 24.3 Å². The van der Waals surface area contributed by atoms with Gasteiger partial charge in [-0.1, -0.05) is 0 Å². The van der Waals surface area contributed by atoms with Gasteiger partial charge < -0.3 is 9.47 Å². The van der Waals surface area contributed by atoms with Crippen LogP contribution in [0, 0.1) is 0 Å². The average molecular weight is 305 g/mol. The average Bonchev–Trinajstić information content (AvgIpc) is 3.02. The van der Waals surface area contributed by atoms with E-state index < -0.39 is 0 Å². The van der Waals surface area contributed by atoms with Crippen molar-refractivity contribution in [2.24, 2.45) is 0 Å². The molecule has 0 radical (unpaired) electrons. The Labute approximate surface area is 128 Å². The Balaban J connectivity index is 1.66. The summed E-state index contributed by atoms with van der Waals surface area (Å²) in [4.78, 5) is 2.37. The summed E-state index contributed by atoms with van der Waals surface area (Å²) in [5.74, 6) is 0.547. The van der Waals surface area contributed by atoms with Gasteiger partial charge in [-0.05, 0) is 35.4 Å². The van der Waals surface area contributed by atoms with Gasteiger partial charge in [-0.15, -0.1) is 5.10 Å². The van der Waals surface area contributed by atoms with Gasteiger partial charge in [-0.3, -0.25) is 4.90 Å². The molecular weight excluding hydrogens is 286 g/mol. The van der Waals surface area contributed by atoms with Crippen LogP contribution in [0.3, 0.4) is 0 Å². The number of rotatable bonds is 4. The molecule has 0 bridgehead atoms. The summed E-state index contributed by atoms with van der Waals surface area (Å²) in [6, 6.07) is 5.95. The Kier molecular flexibility index (Phi) is 4.48. The fraction of sp³-hybridized carbons (Fsp3) is 0.467. The first-order valence-corrected chi connectivity index (χ1v) is 7.95. The minimum atomic E-state index is 0.145. The van der Waals surface area contributed by atoms with Crippen molar-refractivity contribution in [3.63, 3.8) is 0 Å². The Hall–Kier alpha value is -1.50. The van der Waals surface area contributed by atoms with Crippen LogP contribution in [-0.2, 0) is 11.3 Å². The molecule has 3 heterocycles. The highest BCUT2D eigenvalue weighted by Crippen LogP contribution is 2.27. The summed E-state index contributed by atoms with van der Waals surface area (Å²) >= 11 is 1.71. The van der Waals surface area contributed by atoms with Gasteiger partial charge >= 0.3 is 0 Å². The van der Waals surface area contributed by atoms with Crippen molar-refractivity contribution in [2.75, 3.05) is 20.2 Å². The lowest BCUT2D eigenvalue weighted by Gasteiger charge is -2.36. The van der Waals surface area contributed by atoms with Crippen LogP contribution >= 0.6 is 11.3 Å². The molecule has 2 aromatic heterocycles. The van der Waals surface area contributed by atoms with E-state index in [0.29, 0.717) is 5.88 Å². The van der Waals surface area contributed by atoms with E-state index in [4.69, 9.17) is 9.47 Å². The Morgan fingerprint density at radius 1 is 1.33 bits per heavy atom. The molecule has 0 N–H and O–H groups in total. The van der Waals surface area contributed by atoms with E-state index >= 15 is 0 Å². The minimum Gasteiger partial charge on any atom is -0.480 e. The second-order valence-corrected chi connectivity index (χ2v) is 6.03. The van der Waals surface area contributed by atoms with Crippen LogP contribution in [-0.4, -0.2) is 41.4 Å². The van der Waals surface area contributed by atoms with Gasteiger partial charge in [-0.2, -0.15) is 16.4 Å². The molecule has 1 aliphatic heterocycles. The second-order valence-electron chi connectivity index (χ2n) is 5.25. The monoisotopic (exact) mass is 305 g/mol. The third kappa shape index (κ3) is 3.58. The van der Waals surface area contributed by atoms with E-state index in [2.05, 4.69) is 38.8 Å². The number of hydrogen-bond donors (Lipinski definition) is 0. The minimum absolute atomic E-state index is 0.145. The van der Waals surface area contributed by atoms with Crippen molar-refractivity contribution in [2.45, 2.75) is 25.7 Å². The molecule has 112 valence electrons. The molecule has 1 saturated heterocycles. The van der Waals surface area contributed by atoms with Crippen LogP contribution in [0.4, 0.5) is 0 Å². The summed E-state index contributed by atoms with van der Waals surface area (Å²) in [7, 11) is 1.60. The third-order valence-electron chi connectivity index (χ3n) is 3.54. The van der Waals surface area contributed by atoms with Gasteiger partial charge in [0.2, 0.25) is 5.88 Å². The Morgan fingerprint density at radius 2 is 2.24 bits per heavy atom. The number of morpholine rings is 1. The predicted molar refractivity (Wildman–Crippen MR) is 81.5 cm³/mol. The van der Waals surface area contributed by atoms with E-state index in [0.717, 1.165) is 25.3 Å². The molecule has 0 aliphatic carbocycles. The van der Waals surface area contributed by atoms with E-state index in [1.807, 2.05) is 12.1 Å². The molecule has 1 aliphatic rings. The zero-order valence-corrected chi connectivity index (χ0v) is 13.0. The van der Waals surface area contributed by atoms with E-state index in [-0.39, 0.29) is 12.2 Å². The van der Waals surface area contributed by atoms with E-state index in [1.54, 1.807) is 18.4 Å². The summed E-state index contributed by atoms with van der Waals surface area (Å²) < 4.78 is 11.1. The molecule has 0 saturated carbocycles. The molecule has 0 aromatic carbocycles. The summed E-state index contributed by atoms with van der Waals surface area (Å²) in [6.45, 7) is 4.69. The van der Waals surface area contributed by atoms with Gasteiger partial charge in [0.05, 0.1) is 25.0 Å². The smallest absolute Gasteiger partial charge is 0.233 e. The summed E-state index contributed by atoms with van der Waals surface area (Å²) in [5, 5.41) is 12.5. The van der Waals surface area contributed by atoms with Gasteiger partial charge in [0.15, 0.2) is 0 Å².